The van der Waals surface area contributed by atoms with Crippen molar-refractivity contribution in [2.45, 2.75) is 6.92 Å². The van der Waals surface area contributed by atoms with Crippen LogP contribution in [0.3, 0.4) is 0 Å². The molecule has 1 fully saturated rings. The van der Waals surface area contributed by atoms with Crippen molar-refractivity contribution in [3.63, 3.8) is 0 Å². The molecule has 3 heterocycles. The van der Waals surface area contributed by atoms with E-state index < -0.39 is 0 Å². The van der Waals surface area contributed by atoms with Gasteiger partial charge in [0.25, 0.3) is 0 Å². The lowest BCUT2D eigenvalue weighted by Gasteiger charge is -2.35. The zero-order chi connectivity index (χ0) is 19.5. The maximum atomic E-state index is 13.6. The first-order valence-corrected chi connectivity index (χ1v) is 9.01. The number of piperazine rings is 1. The van der Waals surface area contributed by atoms with Gasteiger partial charge in [-0.05, 0) is 42.8 Å². The van der Waals surface area contributed by atoms with Crippen molar-refractivity contribution in [3.05, 3.63) is 60.2 Å². The lowest BCUT2D eigenvalue weighted by molar-refractivity contribution is 0.208. The number of aromatic nitrogens is 4. The fourth-order valence-corrected chi connectivity index (χ4v) is 3.03. The van der Waals surface area contributed by atoms with E-state index in [4.69, 9.17) is 0 Å². The van der Waals surface area contributed by atoms with Crippen molar-refractivity contribution in [2.75, 3.05) is 36.4 Å². The van der Waals surface area contributed by atoms with E-state index in [-0.39, 0.29) is 11.8 Å². The van der Waals surface area contributed by atoms with Crippen molar-refractivity contribution in [1.29, 1.82) is 0 Å². The first-order valence-electron chi connectivity index (χ1n) is 9.01. The van der Waals surface area contributed by atoms with Gasteiger partial charge in [0, 0.05) is 44.3 Å². The van der Waals surface area contributed by atoms with Gasteiger partial charge in [-0.1, -0.05) is 6.07 Å². The van der Waals surface area contributed by atoms with Crippen molar-refractivity contribution in [2.24, 2.45) is 0 Å². The number of halogens is 1. The summed E-state index contributed by atoms with van der Waals surface area (Å²) in [6.45, 7) is 4.06. The molecule has 0 unspecified atom stereocenters. The summed E-state index contributed by atoms with van der Waals surface area (Å²) in [5.74, 6) is 1.08. The van der Waals surface area contributed by atoms with E-state index in [9.17, 15) is 9.18 Å². The average Bonchev–Trinajstić information content (AvgIpc) is 3.26. The number of nitrogens with zero attached hydrogens (tertiary/aromatic N) is 6. The topological polar surface area (TPSA) is 79.2 Å². The first kappa shape index (κ1) is 17.9. The largest absolute Gasteiger partial charge is 0.352 e. The number of rotatable bonds is 3. The third kappa shape index (κ3) is 3.78. The SMILES string of the molecule is Cc1ccc(NC(=O)N2CCN(c3ccc(-n4cccn4)nn3)CC2)cc1F. The zero-order valence-corrected chi connectivity index (χ0v) is 15.4. The molecule has 1 N–H and O–H groups in total. The Bertz CT molecular complexity index is 951. The van der Waals surface area contributed by atoms with E-state index in [1.165, 1.54) is 6.07 Å². The molecule has 1 aliphatic rings. The van der Waals surface area contributed by atoms with Gasteiger partial charge in [-0.15, -0.1) is 10.2 Å². The normalized spacial score (nSPS) is 14.2. The molecule has 0 aliphatic carbocycles. The van der Waals surface area contributed by atoms with E-state index in [1.54, 1.807) is 41.0 Å². The third-order valence-electron chi connectivity index (χ3n) is 4.69. The Balaban J connectivity index is 1.33. The lowest BCUT2D eigenvalue weighted by atomic mass is 10.2. The summed E-state index contributed by atoms with van der Waals surface area (Å²) in [6, 6.07) is 10.0. The number of benzene rings is 1. The van der Waals surface area contributed by atoms with E-state index in [1.807, 2.05) is 18.2 Å². The molecule has 1 aliphatic heterocycles. The summed E-state index contributed by atoms with van der Waals surface area (Å²) < 4.78 is 15.3. The zero-order valence-electron chi connectivity index (χ0n) is 15.4. The number of amides is 2. The van der Waals surface area contributed by atoms with Crippen LogP contribution in [0.5, 0.6) is 0 Å². The van der Waals surface area contributed by atoms with Crippen LogP contribution >= 0.6 is 0 Å². The fourth-order valence-electron chi connectivity index (χ4n) is 3.03. The summed E-state index contributed by atoms with van der Waals surface area (Å²) in [4.78, 5) is 16.2. The van der Waals surface area contributed by atoms with Gasteiger partial charge in [-0.25, -0.2) is 13.9 Å². The maximum Gasteiger partial charge on any atom is 0.321 e. The molecule has 3 aromatic rings. The molecule has 9 heteroatoms. The molecule has 28 heavy (non-hydrogen) atoms. The quantitative estimate of drug-likeness (QED) is 0.754. The smallest absolute Gasteiger partial charge is 0.321 e. The minimum atomic E-state index is -0.334. The van der Waals surface area contributed by atoms with Crippen molar-refractivity contribution in [1.82, 2.24) is 24.9 Å². The fraction of sp³-hybridized carbons (Fsp3) is 0.263. The van der Waals surface area contributed by atoms with Crippen LogP contribution in [0.4, 0.5) is 20.7 Å². The molecule has 2 aromatic heterocycles. The van der Waals surface area contributed by atoms with Crippen LogP contribution in [0, 0.1) is 12.7 Å². The Morgan fingerprint density at radius 3 is 2.46 bits per heavy atom. The Kier molecular flexibility index (Phi) is 4.88. The molecular formula is C19H20FN7O. The summed E-state index contributed by atoms with van der Waals surface area (Å²) >= 11 is 0. The van der Waals surface area contributed by atoms with Gasteiger partial charge >= 0.3 is 6.03 Å². The number of hydrogen-bond donors (Lipinski definition) is 1. The number of urea groups is 1. The number of nitrogens with one attached hydrogen (secondary N) is 1. The van der Waals surface area contributed by atoms with E-state index >= 15 is 0 Å². The van der Waals surface area contributed by atoms with Crippen molar-refractivity contribution in [3.8, 4) is 5.82 Å². The minimum absolute atomic E-state index is 0.233. The first-order chi connectivity index (χ1) is 13.6. The van der Waals surface area contributed by atoms with Crippen LogP contribution in [0.15, 0.2) is 48.8 Å². The highest BCUT2D eigenvalue weighted by Crippen LogP contribution is 2.17. The molecule has 0 spiro atoms. The van der Waals surface area contributed by atoms with Crippen LogP contribution in [0.1, 0.15) is 5.56 Å². The number of hydrogen-bond acceptors (Lipinski definition) is 5. The molecule has 0 atom stereocenters. The molecule has 4 rings (SSSR count). The summed E-state index contributed by atoms with van der Waals surface area (Å²) in [5, 5.41) is 15.3. The maximum absolute atomic E-state index is 13.6. The third-order valence-corrected chi connectivity index (χ3v) is 4.69. The van der Waals surface area contributed by atoms with Crippen LogP contribution in [-0.2, 0) is 0 Å². The summed E-state index contributed by atoms with van der Waals surface area (Å²) in [7, 11) is 0. The molecule has 144 valence electrons. The van der Waals surface area contributed by atoms with Crippen molar-refractivity contribution < 1.29 is 9.18 Å². The molecule has 1 saturated heterocycles. The second-order valence-electron chi connectivity index (χ2n) is 6.57. The highest BCUT2D eigenvalue weighted by molar-refractivity contribution is 5.89. The lowest BCUT2D eigenvalue weighted by Crippen LogP contribution is -2.50. The van der Waals surface area contributed by atoms with Crippen LogP contribution in [0.2, 0.25) is 0 Å². The molecule has 2 amide bonds. The average molecular weight is 381 g/mol. The monoisotopic (exact) mass is 381 g/mol. The number of aryl methyl sites for hydroxylation is 1. The molecule has 0 saturated carbocycles. The second kappa shape index (κ2) is 7.63. The van der Waals surface area contributed by atoms with E-state index in [2.05, 4.69) is 25.5 Å². The molecule has 1 aromatic carbocycles. The van der Waals surface area contributed by atoms with Crippen LogP contribution in [0.25, 0.3) is 5.82 Å². The van der Waals surface area contributed by atoms with Gasteiger partial charge in [0.2, 0.25) is 0 Å². The van der Waals surface area contributed by atoms with Gasteiger partial charge in [-0.3, -0.25) is 0 Å². The standard InChI is InChI=1S/C19H20FN7O/c1-14-3-4-15(13-16(14)20)22-19(28)26-11-9-25(10-12-26)17-5-6-18(24-23-17)27-8-2-7-21-27/h2-8,13H,9-12H2,1H3,(H,22,28). The van der Waals surface area contributed by atoms with Gasteiger partial charge in [0.1, 0.15) is 5.82 Å². The van der Waals surface area contributed by atoms with Gasteiger partial charge in [0.05, 0.1) is 0 Å². The van der Waals surface area contributed by atoms with Gasteiger partial charge in [0.15, 0.2) is 11.6 Å². The minimum Gasteiger partial charge on any atom is -0.352 e. The predicted molar refractivity (Wildman–Crippen MR) is 103 cm³/mol. The summed E-state index contributed by atoms with van der Waals surface area (Å²) in [6.07, 6.45) is 3.49. The van der Waals surface area contributed by atoms with Crippen LogP contribution in [-0.4, -0.2) is 57.1 Å². The van der Waals surface area contributed by atoms with Crippen LogP contribution < -0.4 is 10.2 Å². The van der Waals surface area contributed by atoms with E-state index in [0.717, 1.165) is 5.82 Å². The number of carbonyl (C=O) groups is 1. The molecular weight excluding hydrogens is 361 g/mol. The van der Waals surface area contributed by atoms with Gasteiger partial charge in [-0.2, -0.15) is 5.10 Å². The Labute approximate surface area is 161 Å². The predicted octanol–water partition coefficient (Wildman–Crippen LogP) is 2.46. The second-order valence-corrected chi connectivity index (χ2v) is 6.57. The highest BCUT2D eigenvalue weighted by atomic mass is 19.1. The number of carbonyl (C=O) groups excluding carboxylic acids is 1. The Morgan fingerprint density at radius 2 is 1.82 bits per heavy atom. The number of anilines is 2. The van der Waals surface area contributed by atoms with E-state index in [0.29, 0.717) is 43.2 Å². The highest BCUT2D eigenvalue weighted by Gasteiger charge is 2.22. The molecule has 8 nitrogen and oxygen atoms in total. The Hall–Kier alpha value is -3.49. The van der Waals surface area contributed by atoms with Crippen molar-refractivity contribution >= 4 is 17.5 Å². The molecule has 0 bridgehead atoms. The Morgan fingerprint density at radius 1 is 1.07 bits per heavy atom. The summed E-state index contributed by atoms with van der Waals surface area (Å²) in [5.41, 5.74) is 1.00. The van der Waals surface area contributed by atoms with Gasteiger partial charge < -0.3 is 15.1 Å². The molecule has 0 radical (unpaired) electrons.